The first-order chi connectivity index (χ1) is 9.68. The molecule has 0 aliphatic carbocycles. The molecular weight excluding hydrogens is 248 g/mol. The van der Waals surface area contributed by atoms with Crippen LogP contribution in [0, 0.1) is 0 Å². The molecule has 3 heteroatoms. The van der Waals surface area contributed by atoms with E-state index in [-0.39, 0.29) is 5.54 Å². The largest absolute Gasteiger partial charge is 0.380 e. The van der Waals surface area contributed by atoms with Crippen molar-refractivity contribution in [2.75, 3.05) is 31.2 Å². The van der Waals surface area contributed by atoms with Crippen LogP contribution in [0.1, 0.15) is 39.2 Å². The number of para-hydroxylation sites is 1. The average Bonchev–Trinajstić information content (AvgIpc) is 2.62. The molecule has 1 aromatic carbocycles. The van der Waals surface area contributed by atoms with E-state index in [9.17, 15) is 0 Å². The summed E-state index contributed by atoms with van der Waals surface area (Å²) in [6, 6.07) is 8.72. The fourth-order valence-corrected chi connectivity index (χ4v) is 2.70. The Morgan fingerprint density at radius 1 is 1.25 bits per heavy atom. The number of nitrogens with zero attached hydrogens (tertiary/aromatic N) is 1. The van der Waals surface area contributed by atoms with E-state index in [0.717, 1.165) is 45.7 Å². The Bertz CT molecular complexity index is 421. The van der Waals surface area contributed by atoms with E-state index in [1.807, 2.05) is 0 Å². The molecule has 1 atom stereocenters. The van der Waals surface area contributed by atoms with Crippen molar-refractivity contribution in [3.63, 3.8) is 0 Å². The van der Waals surface area contributed by atoms with E-state index in [2.05, 4.69) is 55.3 Å². The Hall–Kier alpha value is -1.06. The fraction of sp³-hybridized carbons (Fsp3) is 0.647. The van der Waals surface area contributed by atoms with Gasteiger partial charge in [0, 0.05) is 37.5 Å². The van der Waals surface area contributed by atoms with Crippen molar-refractivity contribution in [3.05, 3.63) is 29.8 Å². The maximum atomic E-state index is 5.68. The van der Waals surface area contributed by atoms with Gasteiger partial charge in [0.2, 0.25) is 0 Å². The third-order valence-corrected chi connectivity index (χ3v) is 4.21. The van der Waals surface area contributed by atoms with Gasteiger partial charge in [-0.1, -0.05) is 32.0 Å². The molecule has 3 nitrogen and oxygen atoms in total. The van der Waals surface area contributed by atoms with Crippen LogP contribution < -0.4 is 10.2 Å². The summed E-state index contributed by atoms with van der Waals surface area (Å²) in [6.07, 6.45) is 2.22. The Kier molecular flexibility index (Phi) is 5.44. The number of hydrogen-bond acceptors (Lipinski definition) is 3. The van der Waals surface area contributed by atoms with E-state index in [1.165, 1.54) is 11.3 Å². The lowest BCUT2D eigenvalue weighted by Crippen LogP contribution is -2.49. The molecule has 1 N–H and O–H groups in total. The average molecular weight is 276 g/mol. The molecule has 0 spiro atoms. The topological polar surface area (TPSA) is 24.5 Å². The summed E-state index contributed by atoms with van der Waals surface area (Å²) in [5.41, 5.74) is 2.92. The van der Waals surface area contributed by atoms with Gasteiger partial charge >= 0.3 is 0 Å². The Morgan fingerprint density at radius 2 is 2.05 bits per heavy atom. The summed E-state index contributed by atoms with van der Waals surface area (Å²) < 4.78 is 5.68. The third-order valence-electron chi connectivity index (χ3n) is 4.21. The standard InChI is InChI=1S/C17H28N2O/c1-4-11-20-12-10-19-14-17(3,5-2)18-13-15-8-6-7-9-16(15)19/h6-9,18H,4-5,10-14H2,1-3H3. The normalized spacial score (nSPS) is 22.4. The number of fused-ring (bicyclic) bond motifs is 1. The minimum absolute atomic E-state index is 0.170. The van der Waals surface area contributed by atoms with Crippen molar-refractivity contribution in [2.24, 2.45) is 0 Å². The molecule has 1 aromatic rings. The van der Waals surface area contributed by atoms with E-state index in [4.69, 9.17) is 4.74 Å². The molecule has 0 aromatic heterocycles. The number of anilines is 1. The zero-order chi connectivity index (χ0) is 14.4. The molecule has 0 saturated heterocycles. The van der Waals surface area contributed by atoms with Crippen molar-refractivity contribution in [1.82, 2.24) is 5.32 Å². The second-order valence-electron chi connectivity index (χ2n) is 5.93. The van der Waals surface area contributed by atoms with Gasteiger partial charge in [-0.15, -0.1) is 0 Å². The molecule has 112 valence electrons. The van der Waals surface area contributed by atoms with Crippen molar-refractivity contribution in [3.8, 4) is 0 Å². The monoisotopic (exact) mass is 276 g/mol. The minimum Gasteiger partial charge on any atom is -0.380 e. The third kappa shape index (κ3) is 3.74. The van der Waals surface area contributed by atoms with Crippen molar-refractivity contribution >= 4 is 5.69 Å². The fourth-order valence-electron chi connectivity index (χ4n) is 2.70. The van der Waals surface area contributed by atoms with E-state index >= 15 is 0 Å². The highest BCUT2D eigenvalue weighted by Gasteiger charge is 2.28. The predicted molar refractivity (Wildman–Crippen MR) is 85.3 cm³/mol. The van der Waals surface area contributed by atoms with Crippen molar-refractivity contribution < 1.29 is 4.74 Å². The van der Waals surface area contributed by atoms with Gasteiger partial charge in [-0.2, -0.15) is 0 Å². The van der Waals surface area contributed by atoms with Crippen LogP contribution in [-0.2, 0) is 11.3 Å². The number of ether oxygens (including phenoxy) is 1. The Morgan fingerprint density at radius 3 is 2.80 bits per heavy atom. The molecule has 2 rings (SSSR count). The molecule has 1 unspecified atom stereocenters. The van der Waals surface area contributed by atoms with Crippen LogP contribution >= 0.6 is 0 Å². The van der Waals surface area contributed by atoms with Crippen LogP contribution in [0.15, 0.2) is 24.3 Å². The molecule has 1 aliphatic rings. The zero-order valence-corrected chi connectivity index (χ0v) is 13.1. The first-order valence-corrected chi connectivity index (χ1v) is 7.84. The number of hydrogen-bond donors (Lipinski definition) is 1. The molecule has 0 amide bonds. The molecule has 20 heavy (non-hydrogen) atoms. The predicted octanol–water partition coefficient (Wildman–Crippen LogP) is 3.19. The Balaban J connectivity index is 2.11. The van der Waals surface area contributed by atoms with Crippen LogP contribution in [0.3, 0.4) is 0 Å². The van der Waals surface area contributed by atoms with Crippen LogP contribution in [-0.4, -0.2) is 31.8 Å². The van der Waals surface area contributed by atoms with E-state index in [0.29, 0.717) is 0 Å². The lowest BCUT2D eigenvalue weighted by Gasteiger charge is -2.34. The molecule has 1 heterocycles. The lowest BCUT2D eigenvalue weighted by atomic mass is 9.98. The van der Waals surface area contributed by atoms with Crippen molar-refractivity contribution in [1.29, 1.82) is 0 Å². The van der Waals surface area contributed by atoms with Gasteiger partial charge in [0.25, 0.3) is 0 Å². The maximum absolute atomic E-state index is 5.68. The molecule has 0 saturated carbocycles. The first kappa shape index (κ1) is 15.3. The van der Waals surface area contributed by atoms with Gasteiger partial charge in [-0.25, -0.2) is 0 Å². The summed E-state index contributed by atoms with van der Waals surface area (Å²) in [4.78, 5) is 2.48. The Labute approximate surface area is 123 Å². The molecule has 0 radical (unpaired) electrons. The van der Waals surface area contributed by atoms with Crippen molar-refractivity contribution in [2.45, 2.75) is 45.7 Å². The number of rotatable bonds is 6. The quantitative estimate of drug-likeness (QED) is 0.808. The van der Waals surface area contributed by atoms with Gasteiger partial charge in [0.05, 0.1) is 6.61 Å². The summed E-state index contributed by atoms with van der Waals surface area (Å²) in [6.45, 7) is 11.4. The second-order valence-corrected chi connectivity index (χ2v) is 5.93. The summed E-state index contributed by atoms with van der Waals surface area (Å²) >= 11 is 0. The SMILES string of the molecule is CCCOCCN1CC(C)(CC)NCc2ccccc21. The molecule has 0 fully saturated rings. The number of nitrogens with one attached hydrogen (secondary N) is 1. The first-order valence-electron chi connectivity index (χ1n) is 7.84. The lowest BCUT2D eigenvalue weighted by molar-refractivity contribution is 0.139. The molecular formula is C17H28N2O. The van der Waals surface area contributed by atoms with Crippen LogP contribution in [0.4, 0.5) is 5.69 Å². The van der Waals surface area contributed by atoms with E-state index in [1.54, 1.807) is 0 Å². The van der Waals surface area contributed by atoms with Crippen LogP contribution in [0.5, 0.6) is 0 Å². The zero-order valence-electron chi connectivity index (χ0n) is 13.1. The van der Waals surface area contributed by atoms with Crippen LogP contribution in [0.2, 0.25) is 0 Å². The summed E-state index contributed by atoms with van der Waals surface area (Å²) in [7, 11) is 0. The number of benzene rings is 1. The second kappa shape index (κ2) is 7.09. The van der Waals surface area contributed by atoms with Gasteiger partial charge < -0.3 is 15.0 Å². The maximum Gasteiger partial charge on any atom is 0.0641 e. The minimum atomic E-state index is 0.170. The van der Waals surface area contributed by atoms with Gasteiger partial charge in [-0.3, -0.25) is 0 Å². The summed E-state index contributed by atoms with van der Waals surface area (Å²) in [5, 5.41) is 3.71. The van der Waals surface area contributed by atoms with Crippen LogP contribution in [0.25, 0.3) is 0 Å². The van der Waals surface area contributed by atoms with Gasteiger partial charge in [0.1, 0.15) is 0 Å². The summed E-state index contributed by atoms with van der Waals surface area (Å²) in [5.74, 6) is 0. The molecule has 0 bridgehead atoms. The highest BCUT2D eigenvalue weighted by atomic mass is 16.5. The highest BCUT2D eigenvalue weighted by molar-refractivity contribution is 5.55. The van der Waals surface area contributed by atoms with Gasteiger partial charge in [-0.05, 0) is 31.4 Å². The molecule has 1 aliphatic heterocycles. The van der Waals surface area contributed by atoms with E-state index < -0.39 is 0 Å². The smallest absolute Gasteiger partial charge is 0.0641 e. The highest BCUT2D eigenvalue weighted by Crippen LogP contribution is 2.27. The van der Waals surface area contributed by atoms with Gasteiger partial charge in [0.15, 0.2) is 0 Å².